The molecular weight excluding hydrogens is 411 g/mol. The van der Waals surface area contributed by atoms with Crippen LogP contribution in [-0.4, -0.2) is 39.6 Å². The Bertz CT molecular complexity index is 1080. The van der Waals surface area contributed by atoms with Crippen LogP contribution in [-0.2, 0) is 18.4 Å². The Labute approximate surface area is 180 Å². The summed E-state index contributed by atoms with van der Waals surface area (Å²) >= 11 is 6.14. The first-order chi connectivity index (χ1) is 13.6. The summed E-state index contributed by atoms with van der Waals surface area (Å²) in [5.74, 6) is 0.0475. The van der Waals surface area contributed by atoms with Gasteiger partial charge in [-0.05, 0) is 29.8 Å². The largest absolute Gasteiger partial charge is 0.333 e. The van der Waals surface area contributed by atoms with E-state index in [1.165, 1.54) is 0 Å². The van der Waals surface area contributed by atoms with Gasteiger partial charge in [0, 0.05) is 44.7 Å². The van der Waals surface area contributed by atoms with Gasteiger partial charge < -0.3 is 10.2 Å². The maximum Gasteiger partial charge on any atom is 0.328 e. The first-order valence-electron chi connectivity index (χ1n) is 9.46. The number of piperazine rings is 1. The first kappa shape index (κ1) is 21.4. The van der Waals surface area contributed by atoms with E-state index >= 15 is 0 Å². The van der Waals surface area contributed by atoms with Crippen LogP contribution in [0.1, 0.15) is 18.0 Å². The highest BCUT2D eigenvalue weighted by Gasteiger charge is 2.28. The number of halogens is 2. The molecular formula is C21H24Cl2N4O2. The minimum absolute atomic E-state index is 0. The minimum Gasteiger partial charge on any atom is -0.333 e. The molecule has 1 amide bonds. The molecule has 2 aromatic carbocycles. The third kappa shape index (κ3) is 4.20. The lowest BCUT2D eigenvalue weighted by atomic mass is 10.0. The number of nitrogens with zero attached hydrogens (tertiary/aromatic N) is 3. The molecule has 1 aliphatic heterocycles. The van der Waals surface area contributed by atoms with Crippen molar-refractivity contribution in [3.63, 3.8) is 0 Å². The summed E-state index contributed by atoms with van der Waals surface area (Å²) in [5.41, 5.74) is 2.66. The lowest BCUT2D eigenvalue weighted by Crippen LogP contribution is -2.49. The molecule has 6 nitrogen and oxygen atoms in total. The van der Waals surface area contributed by atoms with E-state index in [9.17, 15) is 9.59 Å². The van der Waals surface area contributed by atoms with Gasteiger partial charge in [-0.3, -0.25) is 13.9 Å². The topological polar surface area (TPSA) is 59.3 Å². The number of nitrogens with one attached hydrogen (secondary N) is 1. The van der Waals surface area contributed by atoms with E-state index in [-0.39, 0.29) is 36.5 Å². The summed E-state index contributed by atoms with van der Waals surface area (Å²) in [6.07, 6.45) is 0.283. The minimum atomic E-state index is -0.0966. The van der Waals surface area contributed by atoms with Crippen LogP contribution >= 0.6 is 24.0 Å². The molecule has 1 saturated heterocycles. The Morgan fingerprint density at radius 1 is 1.17 bits per heavy atom. The molecule has 3 aromatic rings. The number of carbonyl (C=O) groups excluding carboxylic acids is 1. The summed E-state index contributed by atoms with van der Waals surface area (Å²) in [5, 5.41) is 4.02. The summed E-state index contributed by atoms with van der Waals surface area (Å²) < 4.78 is 3.31. The molecule has 29 heavy (non-hydrogen) atoms. The van der Waals surface area contributed by atoms with Crippen molar-refractivity contribution >= 4 is 40.9 Å². The average Bonchev–Trinajstić information content (AvgIpc) is 2.96. The number of aryl methyl sites for hydroxylation is 2. The van der Waals surface area contributed by atoms with Crippen molar-refractivity contribution in [2.75, 3.05) is 19.6 Å². The lowest BCUT2D eigenvalue weighted by Gasteiger charge is -2.36. The fourth-order valence-corrected chi connectivity index (χ4v) is 4.14. The molecule has 0 aliphatic carbocycles. The van der Waals surface area contributed by atoms with Gasteiger partial charge in [-0.15, -0.1) is 12.4 Å². The highest BCUT2D eigenvalue weighted by molar-refractivity contribution is 6.30. The maximum absolute atomic E-state index is 13.0. The van der Waals surface area contributed by atoms with E-state index in [2.05, 4.69) is 5.32 Å². The van der Waals surface area contributed by atoms with E-state index < -0.39 is 0 Å². The number of carbonyl (C=O) groups is 1. The normalized spacial score (nSPS) is 16.6. The number of imidazole rings is 1. The zero-order chi connectivity index (χ0) is 19.7. The van der Waals surface area contributed by atoms with Gasteiger partial charge >= 0.3 is 5.69 Å². The molecule has 1 N–H and O–H groups in total. The van der Waals surface area contributed by atoms with E-state index in [1.54, 1.807) is 16.2 Å². The molecule has 4 rings (SSSR count). The summed E-state index contributed by atoms with van der Waals surface area (Å²) in [6.45, 7) is 2.46. The van der Waals surface area contributed by atoms with E-state index in [0.29, 0.717) is 24.7 Å². The van der Waals surface area contributed by atoms with Gasteiger partial charge in [-0.25, -0.2) is 4.79 Å². The molecule has 1 aromatic heterocycles. The predicted octanol–water partition coefficient (Wildman–Crippen LogP) is 2.98. The SMILES string of the molecule is Cl.Cn1c(=O)n(CCC(=O)N2CCNCC2c2cccc(Cl)c2)c2ccccc21. The van der Waals surface area contributed by atoms with Crippen LogP contribution in [0.3, 0.4) is 0 Å². The molecule has 154 valence electrons. The van der Waals surface area contributed by atoms with Crippen molar-refractivity contribution in [1.29, 1.82) is 0 Å². The van der Waals surface area contributed by atoms with E-state index in [1.807, 2.05) is 53.4 Å². The van der Waals surface area contributed by atoms with Crippen molar-refractivity contribution in [3.05, 3.63) is 69.6 Å². The number of rotatable bonds is 4. The molecule has 1 atom stereocenters. The van der Waals surface area contributed by atoms with Crippen LogP contribution in [0.25, 0.3) is 11.0 Å². The molecule has 8 heteroatoms. The van der Waals surface area contributed by atoms with E-state index in [0.717, 1.165) is 23.1 Å². The zero-order valence-electron chi connectivity index (χ0n) is 16.2. The standard InChI is InChI=1S/C21H23ClN4O2.ClH/c1-24-17-7-2-3-8-18(17)26(21(24)28)11-9-20(27)25-12-10-23-14-19(25)15-5-4-6-16(22)13-15;/h2-8,13,19,23H,9-12,14H2,1H3;1H. The molecule has 0 saturated carbocycles. The Morgan fingerprint density at radius 3 is 2.69 bits per heavy atom. The summed E-state index contributed by atoms with van der Waals surface area (Å²) in [7, 11) is 1.76. The maximum atomic E-state index is 13.0. The highest BCUT2D eigenvalue weighted by atomic mass is 35.5. The zero-order valence-corrected chi connectivity index (χ0v) is 17.7. The summed E-state index contributed by atoms with van der Waals surface area (Å²) in [6, 6.07) is 15.3. The van der Waals surface area contributed by atoms with Crippen LogP contribution in [0.5, 0.6) is 0 Å². The fourth-order valence-electron chi connectivity index (χ4n) is 3.94. The van der Waals surface area contributed by atoms with Gasteiger partial charge in [0.1, 0.15) is 0 Å². The molecule has 1 unspecified atom stereocenters. The molecule has 0 radical (unpaired) electrons. The van der Waals surface area contributed by atoms with Crippen molar-refractivity contribution in [2.24, 2.45) is 7.05 Å². The number of hydrogen-bond donors (Lipinski definition) is 1. The molecule has 1 aliphatic rings. The molecule has 0 bridgehead atoms. The number of aromatic nitrogens is 2. The Hall–Kier alpha value is -2.28. The predicted molar refractivity (Wildman–Crippen MR) is 118 cm³/mol. The lowest BCUT2D eigenvalue weighted by molar-refractivity contribution is -0.134. The van der Waals surface area contributed by atoms with Crippen molar-refractivity contribution < 1.29 is 4.79 Å². The van der Waals surface area contributed by atoms with Gasteiger partial charge in [0.15, 0.2) is 0 Å². The van der Waals surface area contributed by atoms with Gasteiger partial charge in [0.05, 0.1) is 17.1 Å². The fraction of sp³-hybridized carbons (Fsp3) is 0.333. The number of amides is 1. The van der Waals surface area contributed by atoms with Gasteiger partial charge in [-0.2, -0.15) is 0 Å². The van der Waals surface area contributed by atoms with Crippen LogP contribution in [0.2, 0.25) is 5.02 Å². The smallest absolute Gasteiger partial charge is 0.328 e. The average molecular weight is 435 g/mol. The second kappa shape index (κ2) is 9.03. The van der Waals surface area contributed by atoms with Crippen molar-refractivity contribution in [1.82, 2.24) is 19.4 Å². The number of benzene rings is 2. The molecule has 0 spiro atoms. The van der Waals surface area contributed by atoms with Crippen LogP contribution < -0.4 is 11.0 Å². The number of fused-ring (bicyclic) bond motifs is 1. The first-order valence-corrected chi connectivity index (χ1v) is 9.84. The quantitative estimate of drug-likeness (QED) is 0.686. The Morgan fingerprint density at radius 2 is 1.93 bits per heavy atom. The number of hydrogen-bond acceptors (Lipinski definition) is 3. The molecule has 2 heterocycles. The van der Waals surface area contributed by atoms with Gasteiger partial charge in [0.25, 0.3) is 0 Å². The van der Waals surface area contributed by atoms with Crippen LogP contribution in [0, 0.1) is 0 Å². The summed E-state index contributed by atoms with van der Waals surface area (Å²) in [4.78, 5) is 27.5. The van der Waals surface area contributed by atoms with Gasteiger partial charge in [-0.1, -0.05) is 35.9 Å². The second-order valence-corrected chi connectivity index (χ2v) is 7.53. The number of para-hydroxylation sites is 2. The van der Waals surface area contributed by atoms with Gasteiger partial charge in [0.2, 0.25) is 5.91 Å². The monoisotopic (exact) mass is 434 g/mol. The van der Waals surface area contributed by atoms with E-state index in [4.69, 9.17) is 11.6 Å². The third-order valence-corrected chi connectivity index (χ3v) is 5.63. The third-order valence-electron chi connectivity index (χ3n) is 5.40. The van der Waals surface area contributed by atoms with Crippen LogP contribution in [0.4, 0.5) is 0 Å². The van der Waals surface area contributed by atoms with Crippen molar-refractivity contribution in [2.45, 2.75) is 19.0 Å². The Balaban J connectivity index is 0.00000240. The second-order valence-electron chi connectivity index (χ2n) is 7.09. The van der Waals surface area contributed by atoms with Crippen LogP contribution in [0.15, 0.2) is 53.3 Å². The highest BCUT2D eigenvalue weighted by Crippen LogP contribution is 2.25. The molecule has 1 fully saturated rings. The Kier molecular flexibility index (Phi) is 6.67. The van der Waals surface area contributed by atoms with Crippen molar-refractivity contribution in [3.8, 4) is 0 Å².